The number of rotatable bonds is 18. The van der Waals surface area contributed by atoms with Crippen LogP contribution in [0.15, 0.2) is 30.3 Å². The number of carbonyl (C=O) groups is 1. The van der Waals surface area contributed by atoms with E-state index in [9.17, 15) is 23.8 Å². The largest absolute Gasteiger partial charge is 0.461 e. The summed E-state index contributed by atoms with van der Waals surface area (Å²) >= 11 is 0. The molecule has 1 aromatic carbocycles. The molecule has 0 bridgehead atoms. The van der Waals surface area contributed by atoms with E-state index in [1.165, 1.54) is 0 Å². The van der Waals surface area contributed by atoms with E-state index in [-0.39, 0.29) is 49.6 Å². The summed E-state index contributed by atoms with van der Waals surface area (Å²) in [5.74, 6) is -3.48. The van der Waals surface area contributed by atoms with Gasteiger partial charge in [0.2, 0.25) is 0 Å². The van der Waals surface area contributed by atoms with Gasteiger partial charge in [-0.15, -0.1) is 0 Å². The van der Waals surface area contributed by atoms with Gasteiger partial charge in [0.25, 0.3) is 5.92 Å². The molecule has 1 aliphatic carbocycles. The van der Waals surface area contributed by atoms with Crippen LogP contribution in [0.1, 0.15) is 109 Å². The zero-order valence-electron chi connectivity index (χ0n) is 24.2. The third-order valence-electron chi connectivity index (χ3n) is 8.50. The topological polar surface area (TPSA) is 85.2 Å². The van der Waals surface area contributed by atoms with Crippen molar-refractivity contribution in [1.29, 1.82) is 0 Å². The number of aliphatic hydroxyl groups is 2. The lowest BCUT2D eigenvalue weighted by atomic mass is 9.84. The molecule has 2 aliphatic rings. The molecule has 0 aromatic heterocycles. The highest BCUT2D eigenvalue weighted by Gasteiger charge is 2.45. The first-order chi connectivity index (χ1) is 19.3. The van der Waals surface area contributed by atoms with Crippen molar-refractivity contribution in [2.45, 2.75) is 140 Å². The second-order valence-electron chi connectivity index (χ2n) is 11.7. The molecule has 1 aromatic rings. The zero-order chi connectivity index (χ0) is 28.8. The van der Waals surface area contributed by atoms with E-state index in [0.29, 0.717) is 38.7 Å². The molecule has 1 heterocycles. The number of halogens is 2. The summed E-state index contributed by atoms with van der Waals surface area (Å²) in [7, 11) is 0. The number of ether oxygens (including phenoxy) is 3. The lowest BCUT2D eigenvalue weighted by Gasteiger charge is -2.31. The predicted octanol–water partition coefficient (Wildman–Crippen LogP) is 6.95. The number of benzene rings is 1. The molecule has 3 rings (SSSR count). The van der Waals surface area contributed by atoms with Crippen LogP contribution in [0.4, 0.5) is 8.78 Å². The van der Waals surface area contributed by atoms with Crippen molar-refractivity contribution in [2.24, 2.45) is 11.8 Å². The summed E-state index contributed by atoms with van der Waals surface area (Å²) < 4.78 is 46.3. The molecule has 2 fully saturated rings. The maximum absolute atomic E-state index is 14.5. The molecule has 8 heteroatoms. The molecule has 0 amide bonds. The Morgan fingerprint density at radius 1 is 1.07 bits per heavy atom. The average molecular weight is 569 g/mol. The average Bonchev–Trinajstić information content (AvgIpc) is 3.25. The van der Waals surface area contributed by atoms with Gasteiger partial charge in [-0.25, -0.2) is 8.78 Å². The van der Waals surface area contributed by atoms with E-state index in [1.54, 1.807) is 0 Å². The predicted molar refractivity (Wildman–Crippen MR) is 150 cm³/mol. The zero-order valence-corrected chi connectivity index (χ0v) is 24.2. The van der Waals surface area contributed by atoms with Gasteiger partial charge in [-0.05, 0) is 68.8 Å². The normalized spacial score (nSPS) is 26.1. The highest BCUT2D eigenvalue weighted by molar-refractivity contribution is 5.69. The van der Waals surface area contributed by atoms with Crippen LogP contribution in [0.3, 0.4) is 0 Å². The lowest BCUT2D eigenvalue weighted by Crippen LogP contribution is -2.36. The first-order valence-corrected chi connectivity index (χ1v) is 15.5. The summed E-state index contributed by atoms with van der Waals surface area (Å²) in [5.41, 5.74) is 0.968. The van der Waals surface area contributed by atoms with Crippen molar-refractivity contribution in [3.8, 4) is 0 Å². The first-order valence-electron chi connectivity index (χ1n) is 15.5. The van der Waals surface area contributed by atoms with Crippen LogP contribution in [-0.2, 0) is 25.6 Å². The summed E-state index contributed by atoms with van der Waals surface area (Å²) in [6.07, 6.45) is 6.11. The molecule has 6 nitrogen and oxygen atoms in total. The third kappa shape index (κ3) is 11.0. The SMILES string of the molecule is CCCCC(F)(F)C(O)CC[C@H]1[C@H](OC2CCCCO2)CC(O)[C@@H]1CCCCCCC(=O)OCc1ccccc1. The van der Waals surface area contributed by atoms with Crippen LogP contribution in [-0.4, -0.2) is 53.3 Å². The highest BCUT2D eigenvalue weighted by atomic mass is 19.3. The Bertz CT molecular complexity index is 832. The van der Waals surface area contributed by atoms with E-state index in [4.69, 9.17) is 14.2 Å². The highest BCUT2D eigenvalue weighted by Crippen LogP contribution is 2.42. The van der Waals surface area contributed by atoms with Gasteiger partial charge < -0.3 is 24.4 Å². The van der Waals surface area contributed by atoms with Crippen LogP contribution >= 0.6 is 0 Å². The van der Waals surface area contributed by atoms with Gasteiger partial charge in [-0.3, -0.25) is 4.79 Å². The van der Waals surface area contributed by atoms with Gasteiger partial charge in [-0.1, -0.05) is 62.9 Å². The Kier molecular flexibility index (Phi) is 14.3. The van der Waals surface area contributed by atoms with E-state index in [2.05, 4.69) is 0 Å². The van der Waals surface area contributed by atoms with Crippen molar-refractivity contribution in [3.63, 3.8) is 0 Å². The number of aliphatic hydroxyl groups excluding tert-OH is 2. The van der Waals surface area contributed by atoms with Crippen molar-refractivity contribution in [1.82, 2.24) is 0 Å². The molecule has 0 radical (unpaired) electrons. The molecule has 1 saturated carbocycles. The Labute approximate surface area is 238 Å². The van der Waals surface area contributed by atoms with Crippen LogP contribution in [0, 0.1) is 11.8 Å². The molecule has 40 heavy (non-hydrogen) atoms. The Hall–Kier alpha value is -1.61. The fraction of sp³-hybridized carbons (Fsp3) is 0.781. The van der Waals surface area contributed by atoms with Gasteiger partial charge in [-0.2, -0.15) is 0 Å². The van der Waals surface area contributed by atoms with Gasteiger partial charge in [0.15, 0.2) is 6.29 Å². The summed E-state index contributed by atoms with van der Waals surface area (Å²) in [5, 5.41) is 21.3. The lowest BCUT2D eigenvalue weighted by molar-refractivity contribution is -0.197. The van der Waals surface area contributed by atoms with Crippen LogP contribution in [0.5, 0.6) is 0 Å². The summed E-state index contributed by atoms with van der Waals surface area (Å²) in [6.45, 7) is 2.80. The Morgan fingerprint density at radius 3 is 2.58 bits per heavy atom. The van der Waals surface area contributed by atoms with Gasteiger partial charge in [0, 0.05) is 25.9 Å². The minimum absolute atomic E-state index is 0.0128. The standard InChI is InChI=1S/C32H50F2O6/c1-2-3-20-32(33,34)29(36)19-18-26-25(27(35)22-28(26)40-31-17-11-12-21-38-31)15-9-4-5-10-16-30(37)39-23-24-13-7-6-8-14-24/h6-8,13-14,25-29,31,35-36H,2-5,9-12,15-23H2,1H3/t25-,26-,27?,28-,29?,31?/m1/s1. The first kappa shape index (κ1) is 32.9. The number of carbonyl (C=O) groups excluding carboxylic acids is 1. The number of alkyl halides is 2. The summed E-state index contributed by atoms with van der Waals surface area (Å²) in [4.78, 5) is 12.0. The van der Waals surface area contributed by atoms with Gasteiger partial charge >= 0.3 is 5.97 Å². The molecule has 1 aliphatic heterocycles. The molecule has 1 saturated heterocycles. The Balaban J connectivity index is 1.44. The maximum Gasteiger partial charge on any atom is 0.306 e. The smallest absolute Gasteiger partial charge is 0.306 e. The van der Waals surface area contributed by atoms with E-state index >= 15 is 0 Å². The minimum Gasteiger partial charge on any atom is -0.461 e. The minimum atomic E-state index is -3.10. The van der Waals surface area contributed by atoms with Crippen molar-refractivity contribution >= 4 is 5.97 Å². The fourth-order valence-corrected chi connectivity index (χ4v) is 6.08. The number of unbranched alkanes of at least 4 members (excludes halogenated alkanes) is 4. The second kappa shape index (κ2) is 17.4. The van der Waals surface area contributed by atoms with Crippen molar-refractivity contribution < 1.29 is 38.0 Å². The van der Waals surface area contributed by atoms with Crippen LogP contribution < -0.4 is 0 Å². The van der Waals surface area contributed by atoms with Crippen molar-refractivity contribution in [3.05, 3.63) is 35.9 Å². The molecule has 3 unspecified atom stereocenters. The molecular weight excluding hydrogens is 518 g/mol. The molecule has 2 N–H and O–H groups in total. The number of hydrogen-bond acceptors (Lipinski definition) is 6. The van der Waals surface area contributed by atoms with E-state index in [0.717, 1.165) is 56.9 Å². The number of hydrogen-bond donors (Lipinski definition) is 2. The van der Waals surface area contributed by atoms with Gasteiger partial charge in [0.05, 0.1) is 12.2 Å². The van der Waals surface area contributed by atoms with Gasteiger partial charge in [0.1, 0.15) is 12.7 Å². The second-order valence-corrected chi connectivity index (χ2v) is 11.7. The third-order valence-corrected chi connectivity index (χ3v) is 8.50. The quantitative estimate of drug-likeness (QED) is 0.147. The summed E-state index contributed by atoms with van der Waals surface area (Å²) in [6, 6.07) is 9.60. The maximum atomic E-state index is 14.5. The molecule has 0 spiro atoms. The number of esters is 1. The van der Waals surface area contributed by atoms with Crippen LogP contribution in [0.25, 0.3) is 0 Å². The Morgan fingerprint density at radius 2 is 1.85 bits per heavy atom. The molecular formula is C32H50F2O6. The molecule has 228 valence electrons. The van der Waals surface area contributed by atoms with E-state index in [1.807, 2.05) is 37.3 Å². The fourth-order valence-electron chi connectivity index (χ4n) is 6.08. The van der Waals surface area contributed by atoms with Crippen molar-refractivity contribution in [2.75, 3.05) is 6.61 Å². The monoisotopic (exact) mass is 568 g/mol. The van der Waals surface area contributed by atoms with E-state index < -0.39 is 18.1 Å². The van der Waals surface area contributed by atoms with Crippen LogP contribution in [0.2, 0.25) is 0 Å². The molecule has 6 atom stereocenters.